The van der Waals surface area contributed by atoms with Crippen molar-refractivity contribution >= 4 is 16.3 Å². The molecular weight excluding hydrogens is 280 g/mol. The van der Waals surface area contributed by atoms with Gasteiger partial charge in [-0.25, -0.2) is 4.98 Å². The van der Waals surface area contributed by atoms with Gasteiger partial charge in [0.05, 0.1) is 11.4 Å². The van der Waals surface area contributed by atoms with Crippen molar-refractivity contribution in [3.8, 4) is 0 Å². The summed E-state index contributed by atoms with van der Waals surface area (Å²) in [7, 11) is 0. The molecule has 114 valence electrons. The minimum atomic E-state index is 0.831. The van der Waals surface area contributed by atoms with Crippen molar-refractivity contribution < 1.29 is 0 Å². The maximum Gasteiger partial charge on any atom is 0.194 e. The third kappa shape index (κ3) is 2.62. The van der Waals surface area contributed by atoms with Crippen molar-refractivity contribution in [3.63, 3.8) is 0 Å². The lowest BCUT2D eigenvalue weighted by molar-refractivity contribution is 0.311. The molecule has 2 fully saturated rings. The molecule has 1 aliphatic heterocycles. The second-order valence-corrected chi connectivity index (χ2v) is 7.49. The topological polar surface area (TPSA) is 32.6 Å². The molecule has 5 heteroatoms. The number of likely N-dealkylation sites (tertiary alicyclic amines) is 1. The highest BCUT2D eigenvalue weighted by Crippen LogP contribution is 2.31. The first kappa shape index (κ1) is 13.7. The van der Waals surface area contributed by atoms with Gasteiger partial charge in [-0.2, -0.15) is 0 Å². The molecule has 0 spiro atoms. The summed E-state index contributed by atoms with van der Waals surface area (Å²) >= 11 is 1.74. The predicted molar refractivity (Wildman–Crippen MR) is 87.0 cm³/mol. The standard InChI is InChI=1S/C16H24N4S/c1-11-10-21-16-18-12(2)15(20(11)16)8-17-7-13-5-6-19(9-13)14-3-4-14/h10,13-14,17H,3-9H2,1-2H3. The lowest BCUT2D eigenvalue weighted by Crippen LogP contribution is -2.27. The minimum Gasteiger partial charge on any atom is -0.311 e. The molecule has 0 aromatic carbocycles. The van der Waals surface area contributed by atoms with Gasteiger partial charge in [-0.3, -0.25) is 4.40 Å². The predicted octanol–water partition coefficient (Wildman–Crippen LogP) is 2.59. The van der Waals surface area contributed by atoms with Crippen LogP contribution in [0.4, 0.5) is 0 Å². The third-order valence-electron chi connectivity index (χ3n) is 4.94. The van der Waals surface area contributed by atoms with Crippen LogP contribution in [0, 0.1) is 19.8 Å². The van der Waals surface area contributed by atoms with E-state index in [1.54, 1.807) is 11.3 Å². The van der Waals surface area contributed by atoms with Crippen LogP contribution in [0.2, 0.25) is 0 Å². The molecule has 2 aliphatic rings. The van der Waals surface area contributed by atoms with Gasteiger partial charge >= 0.3 is 0 Å². The molecule has 1 atom stereocenters. The van der Waals surface area contributed by atoms with Crippen LogP contribution < -0.4 is 5.32 Å². The van der Waals surface area contributed by atoms with E-state index in [1.165, 1.54) is 49.4 Å². The Morgan fingerprint density at radius 2 is 2.19 bits per heavy atom. The minimum absolute atomic E-state index is 0.831. The van der Waals surface area contributed by atoms with Gasteiger partial charge in [-0.15, -0.1) is 11.3 Å². The van der Waals surface area contributed by atoms with Crippen molar-refractivity contribution in [2.45, 2.75) is 45.7 Å². The summed E-state index contributed by atoms with van der Waals surface area (Å²) < 4.78 is 2.30. The van der Waals surface area contributed by atoms with E-state index in [0.717, 1.165) is 30.0 Å². The second-order valence-electron chi connectivity index (χ2n) is 6.65. The number of aromatic nitrogens is 2. The van der Waals surface area contributed by atoms with Crippen LogP contribution in [0.1, 0.15) is 36.3 Å². The first-order chi connectivity index (χ1) is 10.2. The van der Waals surface area contributed by atoms with E-state index >= 15 is 0 Å². The average molecular weight is 304 g/mol. The molecule has 1 saturated heterocycles. The fourth-order valence-corrected chi connectivity index (χ4v) is 4.50. The number of nitrogens with zero attached hydrogens (tertiary/aromatic N) is 3. The smallest absolute Gasteiger partial charge is 0.194 e. The van der Waals surface area contributed by atoms with E-state index in [1.807, 2.05) is 0 Å². The molecule has 1 unspecified atom stereocenters. The molecule has 21 heavy (non-hydrogen) atoms. The van der Waals surface area contributed by atoms with Crippen LogP contribution in [-0.2, 0) is 6.54 Å². The largest absolute Gasteiger partial charge is 0.311 e. The number of imidazole rings is 1. The van der Waals surface area contributed by atoms with Crippen LogP contribution in [0.25, 0.3) is 4.96 Å². The third-order valence-corrected chi connectivity index (χ3v) is 5.88. The zero-order chi connectivity index (χ0) is 14.4. The lowest BCUT2D eigenvalue weighted by Gasteiger charge is -2.15. The summed E-state index contributed by atoms with van der Waals surface area (Å²) in [5, 5.41) is 5.87. The first-order valence-corrected chi connectivity index (χ1v) is 8.97. The Kier molecular flexibility index (Phi) is 3.52. The highest BCUT2D eigenvalue weighted by Gasteiger charge is 2.34. The fourth-order valence-electron chi connectivity index (χ4n) is 3.57. The van der Waals surface area contributed by atoms with E-state index in [0.29, 0.717) is 0 Å². The van der Waals surface area contributed by atoms with E-state index < -0.39 is 0 Å². The van der Waals surface area contributed by atoms with Gasteiger partial charge in [-0.1, -0.05) is 0 Å². The number of nitrogens with one attached hydrogen (secondary N) is 1. The number of fused-ring (bicyclic) bond motifs is 1. The molecule has 2 aromatic heterocycles. The van der Waals surface area contributed by atoms with E-state index in [-0.39, 0.29) is 0 Å². The molecule has 1 aliphatic carbocycles. The highest BCUT2D eigenvalue weighted by atomic mass is 32.1. The lowest BCUT2D eigenvalue weighted by atomic mass is 10.1. The summed E-state index contributed by atoms with van der Waals surface area (Å²) in [6, 6.07) is 0.931. The molecular formula is C16H24N4S. The molecule has 0 amide bonds. The van der Waals surface area contributed by atoms with Gasteiger partial charge in [0.25, 0.3) is 0 Å². The van der Waals surface area contributed by atoms with Crippen LogP contribution in [-0.4, -0.2) is 40.0 Å². The van der Waals surface area contributed by atoms with Gasteiger partial charge < -0.3 is 10.2 Å². The molecule has 1 saturated carbocycles. The Balaban J connectivity index is 1.35. The Morgan fingerprint density at radius 3 is 3.00 bits per heavy atom. The van der Waals surface area contributed by atoms with E-state index in [4.69, 9.17) is 0 Å². The quantitative estimate of drug-likeness (QED) is 0.921. The maximum atomic E-state index is 4.66. The highest BCUT2D eigenvalue weighted by molar-refractivity contribution is 7.15. The van der Waals surface area contributed by atoms with Crippen LogP contribution in [0.15, 0.2) is 5.38 Å². The molecule has 3 heterocycles. The van der Waals surface area contributed by atoms with Crippen molar-refractivity contribution in [2.75, 3.05) is 19.6 Å². The molecule has 4 rings (SSSR count). The number of thiazole rings is 1. The Bertz CT molecular complexity index is 640. The Morgan fingerprint density at radius 1 is 1.33 bits per heavy atom. The Hall–Kier alpha value is -0.910. The van der Waals surface area contributed by atoms with Crippen molar-refractivity contribution in [1.82, 2.24) is 19.6 Å². The number of hydrogen-bond donors (Lipinski definition) is 1. The summed E-state index contributed by atoms with van der Waals surface area (Å²) in [5.74, 6) is 0.831. The summed E-state index contributed by atoms with van der Waals surface area (Å²) in [5.41, 5.74) is 3.80. The van der Waals surface area contributed by atoms with Gasteiger partial charge in [0, 0.05) is 30.2 Å². The number of hydrogen-bond acceptors (Lipinski definition) is 4. The molecule has 2 aromatic rings. The second kappa shape index (κ2) is 5.38. The summed E-state index contributed by atoms with van der Waals surface area (Å²) in [6.07, 6.45) is 4.23. The van der Waals surface area contributed by atoms with E-state index in [2.05, 4.69) is 38.8 Å². The number of rotatable bonds is 5. The molecule has 0 radical (unpaired) electrons. The zero-order valence-corrected chi connectivity index (χ0v) is 13.7. The zero-order valence-electron chi connectivity index (χ0n) is 12.9. The van der Waals surface area contributed by atoms with Crippen molar-refractivity contribution in [3.05, 3.63) is 22.5 Å². The van der Waals surface area contributed by atoms with E-state index in [9.17, 15) is 0 Å². The summed E-state index contributed by atoms with van der Waals surface area (Å²) in [4.78, 5) is 8.48. The van der Waals surface area contributed by atoms with Crippen molar-refractivity contribution in [1.29, 1.82) is 0 Å². The Labute approximate surface area is 130 Å². The van der Waals surface area contributed by atoms with Gasteiger partial charge in [0.15, 0.2) is 4.96 Å². The van der Waals surface area contributed by atoms with Crippen LogP contribution in [0.5, 0.6) is 0 Å². The van der Waals surface area contributed by atoms with Crippen LogP contribution >= 0.6 is 11.3 Å². The monoisotopic (exact) mass is 304 g/mol. The van der Waals surface area contributed by atoms with Gasteiger partial charge in [0.1, 0.15) is 0 Å². The normalized spacial score (nSPS) is 23.4. The molecule has 1 N–H and O–H groups in total. The molecule has 4 nitrogen and oxygen atoms in total. The van der Waals surface area contributed by atoms with Gasteiger partial charge in [-0.05, 0) is 52.1 Å². The first-order valence-electron chi connectivity index (χ1n) is 8.09. The fraction of sp³-hybridized carbons (Fsp3) is 0.688. The SMILES string of the molecule is Cc1nc2scc(C)n2c1CNCC1CCN(C2CC2)C1. The summed E-state index contributed by atoms with van der Waals surface area (Å²) in [6.45, 7) is 8.98. The number of aryl methyl sites for hydroxylation is 2. The molecule has 0 bridgehead atoms. The van der Waals surface area contributed by atoms with Crippen LogP contribution in [0.3, 0.4) is 0 Å². The van der Waals surface area contributed by atoms with Gasteiger partial charge in [0.2, 0.25) is 0 Å². The average Bonchev–Trinajstić information content (AvgIpc) is 2.99. The maximum absolute atomic E-state index is 4.66. The van der Waals surface area contributed by atoms with Crippen molar-refractivity contribution in [2.24, 2.45) is 5.92 Å².